The highest BCUT2D eigenvalue weighted by Gasteiger charge is 2.28. The second-order valence-electron chi connectivity index (χ2n) is 4.80. The van der Waals surface area contributed by atoms with E-state index in [1.54, 1.807) is 26.2 Å². The SMILES string of the molecule is CCN(C(C)COC)S(=O)(=O)c1ccc(CNC)c(Cl)c1. The number of sulfonamides is 1. The van der Waals surface area contributed by atoms with Crippen molar-refractivity contribution < 1.29 is 13.2 Å². The molecule has 0 aliphatic carbocycles. The van der Waals surface area contributed by atoms with Gasteiger partial charge in [-0.05, 0) is 31.7 Å². The van der Waals surface area contributed by atoms with Gasteiger partial charge in [-0.3, -0.25) is 0 Å². The maximum absolute atomic E-state index is 12.7. The molecule has 0 spiro atoms. The summed E-state index contributed by atoms with van der Waals surface area (Å²) in [5, 5.41) is 3.44. The Kier molecular flexibility index (Phi) is 7.09. The summed E-state index contributed by atoms with van der Waals surface area (Å²) in [4.78, 5) is 0.206. The molecule has 0 saturated heterocycles. The van der Waals surface area contributed by atoms with Crippen molar-refractivity contribution in [3.8, 4) is 0 Å². The van der Waals surface area contributed by atoms with E-state index >= 15 is 0 Å². The molecule has 1 rings (SSSR count). The van der Waals surface area contributed by atoms with Gasteiger partial charge in [-0.25, -0.2) is 8.42 Å². The second-order valence-corrected chi connectivity index (χ2v) is 7.09. The monoisotopic (exact) mass is 334 g/mol. The van der Waals surface area contributed by atoms with Gasteiger partial charge in [0.25, 0.3) is 0 Å². The van der Waals surface area contributed by atoms with Crippen LogP contribution in [-0.2, 0) is 21.3 Å². The zero-order chi connectivity index (χ0) is 16.0. The number of hydrogen-bond donors (Lipinski definition) is 1. The summed E-state index contributed by atoms with van der Waals surface area (Å²) in [6.07, 6.45) is 0. The first-order valence-electron chi connectivity index (χ1n) is 6.82. The minimum absolute atomic E-state index is 0.206. The summed E-state index contributed by atoms with van der Waals surface area (Å²) in [6.45, 7) is 4.94. The molecule has 0 radical (unpaired) electrons. The van der Waals surface area contributed by atoms with Gasteiger partial charge in [0.2, 0.25) is 10.0 Å². The van der Waals surface area contributed by atoms with Crippen LogP contribution in [0.4, 0.5) is 0 Å². The Morgan fingerprint density at radius 3 is 2.57 bits per heavy atom. The van der Waals surface area contributed by atoms with Gasteiger partial charge in [-0.2, -0.15) is 4.31 Å². The minimum atomic E-state index is -3.58. The molecule has 21 heavy (non-hydrogen) atoms. The highest BCUT2D eigenvalue weighted by molar-refractivity contribution is 7.89. The topological polar surface area (TPSA) is 58.6 Å². The summed E-state index contributed by atoms with van der Waals surface area (Å²) in [6, 6.07) is 4.60. The Labute approximate surface area is 132 Å². The number of nitrogens with one attached hydrogen (secondary N) is 1. The van der Waals surface area contributed by atoms with E-state index in [2.05, 4.69) is 5.32 Å². The normalized spacial score (nSPS) is 13.6. The van der Waals surface area contributed by atoms with Crippen LogP contribution in [0.15, 0.2) is 23.1 Å². The van der Waals surface area contributed by atoms with E-state index in [1.165, 1.54) is 10.4 Å². The molecule has 1 N–H and O–H groups in total. The first-order chi connectivity index (χ1) is 9.88. The van der Waals surface area contributed by atoms with Crippen LogP contribution in [0.2, 0.25) is 5.02 Å². The fourth-order valence-corrected chi connectivity index (χ4v) is 4.16. The van der Waals surface area contributed by atoms with Crippen LogP contribution in [0.5, 0.6) is 0 Å². The molecule has 1 atom stereocenters. The van der Waals surface area contributed by atoms with E-state index in [0.29, 0.717) is 24.7 Å². The van der Waals surface area contributed by atoms with Crippen LogP contribution >= 0.6 is 11.6 Å². The standard InChI is InChI=1S/C14H23ClN2O3S/c1-5-17(11(2)10-20-4)21(18,19)13-7-6-12(9-16-3)14(15)8-13/h6-8,11,16H,5,9-10H2,1-4H3. The van der Waals surface area contributed by atoms with E-state index in [-0.39, 0.29) is 10.9 Å². The molecule has 1 aromatic carbocycles. The molecule has 5 nitrogen and oxygen atoms in total. The van der Waals surface area contributed by atoms with Crippen LogP contribution in [0.25, 0.3) is 0 Å². The number of hydrogen-bond acceptors (Lipinski definition) is 4. The lowest BCUT2D eigenvalue weighted by atomic mass is 10.2. The number of nitrogens with zero attached hydrogens (tertiary/aromatic N) is 1. The Morgan fingerprint density at radius 2 is 2.10 bits per heavy atom. The summed E-state index contributed by atoms with van der Waals surface area (Å²) in [7, 11) is -0.211. The molecule has 1 unspecified atom stereocenters. The van der Waals surface area contributed by atoms with E-state index in [0.717, 1.165) is 5.56 Å². The molecule has 0 aliphatic rings. The smallest absolute Gasteiger partial charge is 0.243 e. The largest absolute Gasteiger partial charge is 0.383 e. The van der Waals surface area contributed by atoms with Gasteiger partial charge in [0.1, 0.15) is 0 Å². The van der Waals surface area contributed by atoms with Gasteiger partial charge >= 0.3 is 0 Å². The zero-order valence-electron chi connectivity index (χ0n) is 12.9. The van der Waals surface area contributed by atoms with Gasteiger partial charge in [-0.15, -0.1) is 0 Å². The van der Waals surface area contributed by atoms with Crippen molar-refractivity contribution in [1.29, 1.82) is 0 Å². The second kappa shape index (κ2) is 8.10. The maximum Gasteiger partial charge on any atom is 0.243 e. The van der Waals surface area contributed by atoms with Crippen molar-refractivity contribution >= 4 is 21.6 Å². The highest BCUT2D eigenvalue weighted by atomic mass is 35.5. The third-order valence-corrected chi connectivity index (χ3v) is 5.65. The molecule has 7 heteroatoms. The van der Waals surface area contributed by atoms with E-state index < -0.39 is 10.0 Å². The molecule has 0 fully saturated rings. The summed E-state index contributed by atoms with van der Waals surface area (Å²) >= 11 is 6.16. The van der Waals surface area contributed by atoms with Crippen molar-refractivity contribution in [3.05, 3.63) is 28.8 Å². The minimum Gasteiger partial charge on any atom is -0.383 e. The molecule has 0 saturated carbocycles. The molecule has 0 bridgehead atoms. The third kappa shape index (κ3) is 4.40. The van der Waals surface area contributed by atoms with Crippen LogP contribution in [-0.4, -0.2) is 46.1 Å². The molecule has 1 aromatic rings. The molecule has 120 valence electrons. The molecule has 0 amide bonds. The average Bonchev–Trinajstić information content (AvgIpc) is 2.42. The van der Waals surface area contributed by atoms with Gasteiger partial charge in [0.05, 0.1) is 11.5 Å². The molecular formula is C14H23ClN2O3S. The number of benzene rings is 1. The van der Waals surface area contributed by atoms with Gasteiger partial charge in [0, 0.05) is 31.3 Å². The third-order valence-electron chi connectivity index (χ3n) is 3.21. The van der Waals surface area contributed by atoms with Crippen molar-refractivity contribution in [3.63, 3.8) is 0 Å². The summed E-state index contributed by atoms with van der Waals surface area (Å²) < 4.78 is 31.9. The molecule has 0 heterocycles. The van der Waals surface area contributed by atoms with Gasteiger partial charge in [0.15, 0.2) is 0 Å². The Bertz CT molecular complexity index is 563. The first kappa shape index (κ1) is 18.4. The number of ether oxygens (including phenoxy) is 1. The van der Waals surface area contributed by atoms with E-state index in [4.69, 9.17) is 16.3 Å². The summed E-state index contributed by atoms with van der Waals surface area (Å²) in [5.41, 5.74) is 0.867. The van der Waals surface area contributed by atoms with Crippen molar-refractivity contribution in [2.45, 2.75) is 31.3 Å². The van der Waals surface area contributed by atoms with Gasteiger partial charge < -0.3 is 10.1 Å². The predicted octanol–water partition coefficient (Wildman–Crippen LogP) is 2.10. The van der Waals surface area contributed by atoms with Crippen LogP contribution in [0.3, 0.4) is 0 Å². The van der Waals surface area contributed by atoms with Crippen LogP contribution < -0.4 is 5.32 Å². The molecular weight excluding hydrogens is 312 g/mol. The van der Waals surface area contributed by atoms with Crippen molar-refractivity contribution in [2.75, 3.05) is 27.3 Å². The lowest BCUT2D eigenvalue weighted by molar-refractivity contribution is 0.142. The Morgan fingerprint density at radius 1 is 1.43 bits per heavy atom. The van der Waals surface area contributed by atoms with Gasteiger partial charge in [-0.1, -0.05) is 24.6 Å². The highest BCUT2D eigenvalue weighted by Crippen LogP contribution is 2.24. The predicted molar refractivity (Wildman–Crippen MR) is 85.1 cm³/mol. The van der Waals surface area contributed by atoms with E-state index in [9.17, 15) is 8.42 Å². The van der Waals surface area contributed by atoms with Crippen molar-refractivity contribution in [2.24, 2.45) is 0 Å². The zero-order valence-corrected chi connectivity index (χ0v) is 14.5. The first-order valence-corrected chi connectivity index (χ1v) is 8.64. The summed E-state index contributed by atoms with van der Waals surface area (Å²) in [5.74, 6) is 0. The Balaban J connectivity index is 3.14. The van der Waals surface area contributed by atoms with Crippen LogP contribution in [0.1, 0.15) is 19.4 Å². The number of likely N-dealkylation sites (N-methyl/N-ethyl adjacent to an activating group) is 1. The van der Waals surface area contributed by atoms with Crippen LogP contribution in [0, 0.1) is 0 Å². The van der Waals surface area contributed by atoms with Crippen molar-refractivity contribution in [1.82, 2.24) is 9.62 Å². The quantitative estimate of drug-likeness (QED) is 0.791. The molecule has 0 aliphatic heterocycles. The average molecular weight is 335 g/mol. The fraction of sp³-hybridized carbons (Fsp3) is 0.571. The number of methoxy groups -OCH3 is 1. The maximum atomic E-state index is 12.7. The Hall–Kier alpha value is -0.660. The number of rotatable bonds is 8. The molecule has 0 aromatic heterocycles. The van der Waals surface area contributed by atoms with E-state index in [1.807, 2.05) is 14.0 Å². The fourth-order valence-electron chi connectivity index (χ4n) is 2.20. The number of halogens is 1. The lowest BCUT2D eigenvalue weighted by Crippen LogP contribution is -2.40. The lowest BCUT2D eigenvalue weighted by Gasteiger charge is -2.26.